The van der Waals surface area contributed by atoms with Gasteiger partial charge in [-0.15, -0.1) is 0 Å². The first-order chi connectivity index (χ1) is 11.4. The number of aryl methyl sites for hydroxylation is 1. The van der Waals surface area contributed by atoms with Crippen molar-refractivity contribution in [2.45, 2.75) is 36.1 Å². The molecule has 0 saturated carbocycles. The maximum Gasteiger partial charge on any atom is 0.196 e. The minimum Gasteiger partial charge on any atom is -0.381 e. The zero-order valence-electron chi connectivity index (χ0n) is 13.7. The van der Waals surface area contributed by atoms with Gasteiger partial charge in [0.15, 0.2) is 9.84 Å². The summed E-state index contributed by atoms with van der Waals surface area (Å²) < 4.78 is 32.2. The fourth-order valence-corrected chi connectivity index (χ4v) is 6.77. The van der Waals surface area contributed by atoms with Gasteiger partial charge >= 0.3 is 0 Å². The van der Waals surface area contributed by atoms with Crippen LogP contribution < -0.4 is 5.32 Å². The van der Waals surface area contributed by atoms with Crippen LogP contribution in [0, 0.1) is 12.3 Å². The highest BCUT2D eigenvalue weighted by Crippen LogP contribution is 2.45. The molecule has 3 saturated heterocycles. The molecule has 1 aromatic heterocycles. The summed E-state index contributed by atoms with van der Waals surface area (Å²) in [6.45, 7) is 5.88. The fourth-order valence-electron chi connectivity index (χ4n) is 4.21. The van der Waals surface area contributed by atoms with E-state index >= 15 is 0 Å². The third-order valence-electron chi connectivity index (χ3n) is 5.56. The molecule has 3 aliphatic rings. The number of hydrogen-bond acceptors (Lipinski definition) is 6. The Kier molecular flexibility index (Phi) is 4.24. The molecule has 0 radical (unpaired) electrons. The molecule has 0 aromatic carbocycles. The maximum atomic E-state index is 13.1. The lowest BCUT2D eigenvalue weighted by Gasteiger charge is -2.62. The Morgan fingerprint density at radius 3 is 2.62 bits per heavy atom. The number of likely N-dealkylation sites (tertiary alicyclic amines) is 1. The highest BCUT2D eigenvalue weighted by molar-refractivity contribution is 9.10. The van der Waals surface area contributed by atoms with Crippen LogP contribution in [0.25, 0.3) is 0 Å². The largest absolute Gasteiger partial charge is 0.381 e. The van der Waals surface area contributed by atoms with Gasteiger partial charge in [0.2, 0.25) is 0 Å². The Morgan fingerprint density at radius 1 is 1.33 bits per heavy atom. The van der Waals surface area contributed by atoms with Gasteiger partial charge in [-0.05, 0) is 47.8 Å². The summed E-state index contributed by atoms with van der Waals surface area (Å²) in [7, 11) is -3.42. The third kappa shape index (κ3) is 2.63. The van der Waals surface area contributed by atoms with Gasteiger partial charge in [-0.25, -0.2) is 13.4 Å². The smallest absolute Gasteiger partial charge is 0.196 e. The first-order valence-electron chi connectivity index (χ1n) is 8.35. The van der Waals surface area contributed by atoms with Crippen LogP contribution in [-0.4, -0.2) is 62.6 Å². The van der Waals surface area contributed by atoms with Crippen molar-refractivity contribution in [2.24, 2.45) is 5.41 Å². The van der Waals surface area contributed by atoms with Crippen LogP contribution in [0.2, 0.25) is 0 Å². The van der Waals surface area contributed by atoms with Crippen molar-refractivity contribution in [1.82, 2.24) is 15.2 Å². The number of hydrogen-bond donors (Lipinski definition) is 1. The summed E-state index contributed by atoms with van der Waals surface area (Å²) in [5.41, 5.74) is 0.408. The molecule has 0 amide bonds. The molecule has 1 aromatic rings. The van der Waals surface area contributed by atoms with E-state index in [-0.39, 0.29) is 5.41 Å². The van der Waals surface area contributed by atoms with Crippen molar-refractivity contribution in [3.63, 3.8) is 0 Å². The normalized spacial score (nSPS) is 27.7. The van der Waals surface area contributed by atoms with Crippen LogP contribution in [0.1, 0.15) is 18.5 Å². The van der Waals surface area contributed by atoms with Gasteiger partial charge in [-0.2, -0.15) is 0 Å². The Labute approximate surface area is 151 Å². The molecule has 8 heteroatoms. The lowest BCUT2D eigenvalue weighted by Crippen LogP contribution is -2.79. The Morgan fingerprint density at radius 2 is 2.04 bits per heavy atom. The summed E-state index contributed by atoms with van der Waals surface area (Å²) in [6, 6.07) is 3.90. The van der Waals surface area contributed by atoms with Crippen LogP contribution in [0.15, 0.2) is 21.6 Å². The second-order valence-electron chi connectivity index (χ2n) is 7.13. The molecule has 132 valence electrons. The lowest BCUT2D eigenvalue weighted by molar-refractivity contribution is -0.0981. The zero-order valence-corrected chi connectivity index (χ0v) is 16.1. The highest BCUT2D eigenvalue weighted by atomic mass is 79.9. The van der Waals surface area contributed by atoms with Crippen molar-refractivity contribution in [3.8, 4) is 0 Å². The van der Waals surface area contributed by atoms with Gasteiger partial charge in [0.25, 0.3) is 0 Å². The van der Waals surface area contributed by atoms with Crippen LogP contribution in [0.3, 0.4) is 0 Å². The number of nitrogens with one attached hydrogen (secondary N) is 1. The Balaban J connectivity index is 1.51. The molecule has 24 heavy (non-hydrogen) atoms. The van der Waals surface area contributed by atoms with E-state index in [1.165, 1.54) is 0 Å². The van der Waals surface area contributed by atoms with Gasteiger partial charge in [0, 0.05) is 44.3 Å². The van der Waals surface area contributed by atoms with Gasteiger partial charge < -0.3 is 4.74 Å². The molecule has 0 bridgehead atoms. The van der Waals surface area contributed by atoms with E-state index in [9.17, 15) is 8.42 Å². The lowest BCUT2D eigenvalue weighted by atomic mass is 9.73. The van der Waals surface area contributed by atoms with E-state index in [2.05, 4.69) is 31.1 Å². The molecule has 1 atom stereocenters. The van der Waals surface area contributed by atoms with E-state index in [4.69, 9.17) is 4.74 Å². The Hall–Kier alpha value is -0.540. The van der Waals surface area contributed by atoms with Crippen LogP contribution in [0.4, 0.5) is 0 Å². The minimum atomic E-state index is -3.42. The van der Waals surface area contributed by atoms with E-state index in [0.717, 1.165) is 45.7 Å². The molecule has 3 fully saturated rings. The van der Waals surface area contributed by atoms with Crippen molar-refractivity contribution < 1.29 is 13.2 Å². The predicted molar refractivity (Wildman–Crippen MR) is 93.5 cm³/mol. The number of rotatable bonds is 3. The van der Waals surface area contributed by atoms with Gasteiger partial charge in [-0.1, -0.05) is 0 Å². The topological polar surface area (TPSA) is 71.5 Å². The molecule has 6 nitrogen and oxygen atoms in total. The molecule has 4 heterocycles. The summed E-state index contributed by atoms with van der Waals surface area (Å²) >= 11 is 3.29. The summed E-state index contributed by atoms with van der Waals surface area (Å²) in [5.74, 6) is 0. The first-order valence-corrected chi connectivity index (χ1v) is 10.7. The van der Waals surface area contributed by atoms with Gasteiger partial charge in [0.1, 0.15) is 9.98 Å². The quantitative estimate of drug-likeness (QED) is 0.750. The van der Waals surface area contributed by atoms with E-state index in [1.54, 1.807) is 19.1 Å². The fraction of sp³-hybridized carbons (Fsp3) is 0.688. The monoisotopic (exact) mass is 415 g/mol. The van der Waals surface area contributed by atoms with Crippen LogP contribution >= 0.6 is 15.9 Å². The second kappa shape index (κ2) is 6.02. The molecular weight excluding hydrogens is 394 g/mol. The summed E-state index contributed by atoms with van der Waals surface area (Å²) in [6.07, 6.45) is 2.10. The number of halogens is 1. The van der Waals surface area contributed by atoms with Crippen molar-refractivity contribution in [3.05, 3.63) is 22.4 Å². The molecule has 1 N–H and O–H groups in total. The Bertz CT molecular complexity index is 743. The average Bonchev–Trinajstić information content (AvgIpc) is 2.45. The third-order valence-corrected chi connectivity index (χ3v) is 8.33. The van der Waals surface area contributed by atoms with E-state index in [0.29, 0.717) is 21.2 Å². The zero-order chi connectivity index (χ0) is 16.9. The number of pyridine rings is 1. The molecular formula is C16H22BrN3O3S. The van der Waals surface area contributed by atoms with Crippen LogP contribution in [0.5, 0.6) is 0 Å². The average molecular weight is 416 g/mol. The molecule has 1 spiro atoms. The standard InChI is InChI=1S/C16H22BrN3O3S/c1-11-13(2-3-14(17)19-11)24(21,22)15-16(8-18-15)9-20(10-16)12-4-6-23-7-5-12/h2-3,12,15,18H,4-10H2,1H3. The van der Waals surface area contributed by atoms with Crippen LogP contribution in [-0.2, 0) is 14.6 Å². The van der Waals surface area contributed by atoms with E-state index in [1.807, 2.05) is 0 Å². The van der Waals surface area contributed by atoms with Gasteiger partial charge in [0.05, 0.1) is 10.6 Å². The molecule has 4 rings (SSSR count). The molecule has 0 aliphatic carbocycles. The highest BCUT2D eigenvalue weighted by Gasteiger charge is 2.61. The second-order valence-corrected chi connectivity index (χ2v) is 9.95. The van der Waals surface area contributed by atoms with Crippen molar-refractivity contribution in [2.75, 3.05) is 32.8 Å². The SMILES string of the molecule is Cc1nc(Br)ccc1S(=O)(=O)C1NCC12CN(C1CCOCC1)C2. The van der Waals surface area contributed by atoms with Crippen molar-refractivity contribution >= 4 is 25.8 Å². The summed E-state index contributed by atoms with van der Waals surface area (Å²) in [4.78, 5) is 7.01. The number of sulfone groups is 1. The predicted octanol–water partition coefficient (Wildman–Crippen LogP) is 1.34. The number of aromatic nitrogens is 1. The number of nitrogens with zero attached hydrogens (tertiary/aromatic N) is 2. The van der Waals surface area contributed by atoms with Gasteiger partial charge in [-0.3, -0.25) is 10.2 Å². The summed E-state index contributed by atoms with van der Waals surface area (Å²) in [5, 5.41) is 2.67. The molecule has 3 aliphatic heterocycles. The first kappa shape index (κ1) is 16.9. The van der Waals surface area contributed by atoms with E-state index < -0.39 is 15.2 Å². The maximum absolute atomic E-state index is 13.1. The molecule has 1 unspecified atom stereocenters. The van der Waals surface area contributed by atoms with Crippen molar-refractivity contribution in [1.29, 1.82) is 0 Å². The minimum absolute atomic E-state index is 0.142. The number of ether oxygens (including phenoxy) is 1.